The van der Waals surface area contributed by atoms with Gasteiger partial charge in [-0.3, -0.25) is 15.6 Å². The van der Waals surface area contributed by atoms with E-state index in [9.17, 15) is 4.79 Å². The minimum absolute atomic E-state index is 0.405. The lowest BCUT2D eigenvalue weighted by molar-refractivity contribution is 0.262. The first-order valence-corrected chi connectivity index (χ1v) is 6.86. The minimum atomic E-state index is -0.414. The van der Waals surface area contributed by atoms with Crippen LogP contribution >= 0.6 is 11.3 Å². The molecule has 3 aromatic rings. The van der Waals surface area contributed by atoms with E-state index in [2.05, 4.69) is 30.8 Å². The molecule has 0 spiro atoms. The van der Waals surface area contributed by atoms with Gasteiger partial charge in [0.15, 0.2) is 5.01 Å². The maximum absolute atomic E-state index is 11.8. The average Bonchev–Trinajstić information content (AvgIpc) is 2.97. The highest BCUT2D eigenvalue weighted by atomic mass is 32.1. The van der Waals surface area contributed by atoms with Crippen LogP contribution in [0.3, 0.4) is 0 Å². The van der Waals surface area contributed by atoms with E-state index in [-0.39, 0.29) is 0 Å². The summed E-state index contributed by atoms with van der Waals surface area (Å²) in [7, 11) is 0. The van der Waals surface area contributed by atoms with E-state index in [1.807, 2.05) is 12.1 Å². The summed E-state index contributed by atoms with van der Waals surface area (Å²) < 4.78 is 0. The Hall–Kier alpha value is -2.87. The third-order valence-electron chi connectivity index (χ3n) is 2.46. The molecule has 2 N–H and O–H groups in total. The Morgan fingerprint density at radius 1 is 1.05 bits per heavy atom. The summed E-state index contributed by atoms with van der Waals surface area (Å²) in [5.74, 6) is 0.465. The summed E-state index contributed by atoms with van der Waals surface area (Å²) in [6.45, 7) is 0. The fraction of sp³-hybridized carbons (Fsp3) is 0. The molecule has 3 heterocycles. The van der Waals surface area contributed by atoms with Crippen LogP contribution in [0.1, 0.15) is 0 Å². The van der Waals surface area contributed by atoms with Crippen LogP contribution in [0.4, 0.5) is 15.7 Å². The summed E-state index contributed by atoms with van der Waals surface area (Å²) >= 11 is 1.27. The van der Waals surface area contributed by atoms with E-state index in [0.717, 1.165) is 5.56 Å². The van der Waals surface area contributed by atoms with Crippen molar-refractivity contribution < 1.29 is 4.79 Å². The molecule has 21 heavy (non-hydrogen) atoms. The molecule has 0 fully saturated rings. The third kappa shape index (κ3) is 3.37. The Morgan fingerprint density at radius 2 is 2.00 bits per heavy atom. The third-order valence-corrected chi connectivity index (χ3v) is 3.35. The monoisotopic (exact) mass is 298 g/mol. The van der Waals surface area contributed by atoms with Gasteiger partial charge in [-0.15, -0.1) is 10.2 Å². The molecule has 104 valence electrons. The lowest BCUT2D eigenvalue weighted by Gasteiger charge is -2.02. The van der Waals surface area contributed by atoms with E-state index < -0.39 is 6.03 Å². The van der Waals surface area contributed by atoms with Gasteiger partial charge < -0.3 is 0 Å². The lowest BCUT2D eigenvalue weighted by atomic mass is 10.3. The number of nitrogens with zero attached hydrogens (tertiary/aromatic N) is 4. The Morgan fingerprint density at radius 3 is 2.76 bits per heavy atom. The zero-order valence-corrected chi connectivity index (χ0v) is 11.5. The maximum Gasteiger partial charge on any atom is 0.326 e. The van der Waals surface area contributed by atoms with Crippen molar-refractivity contribution in [3.63, 3.8) is 0 Å². The number of anilines is 2. The zero-order chi connectivity index (χ0) is 14.5. The molecule has 0 aromatic carbocycles. The number of urea groups is 1. The van der Waals surface area contributed by atoms with E-state index in [1.165, 1.54) is 11.3 Å². The molecule has 3 aromatic heterocycles. The Labute approximate surface area is 124 Å². The molecular weight excluding hydrogens is 288 g/mol. The fourth-order valence-corrected chi connectivity index (χ4v) is 2.29. The number of hydrogen-bond donors (Lipinski definition) is 2. The molecule has 0 aliphatic rings. The second kappa shape index (κ2) is 6.06. The predicted octanol–water partition coefficient (Wildman–Crippen LogP) is 2.64. The minimum Gasteiger partial charge on any atom is -0.292 e. The number of hydrogen-bond acceptors (Lipinski definition) is 6. The molecule has 0 saturated carbocycles. The molecular formula is C13H10N6OS. The molecule has 0 saturated heterocycles. The molecule has 0 unspecified atom stereocenters. The SMILES string of the molecule is O=C(Nc1ccccn1)Nc1nnc(-c2cccnc2)s1. The van der Waals surface area contributed by atoms with Crippen LogP contribution in [0.2, 0.25) is 0 Å². The van der Waals surface area contributed by atoms with Gasteiger partial charge >= 0.3 is 6.03 Å². The van der Waals surface area contributed by atoms with Crippen LogP contribution in [0.15, 0.2) is 48.9 Å². The number of pyridine rings is 2. The topological polar surface area (TPSA) is 92.7 Å². The van der Waals surface area contributed by atoms with Crippen LogP contribution in [-0.2, 0) is 0 Å². The van der Waals surface area contributed by atoms with Gasteiger partial charge in [-0.25, -0.2) is 9.78 Å². The van der Waals surface area contributed by atoms with Gasteiger partial charge in [0.2, 0.25) is 5.13 Å². The molecule has 0 bridgehead atoms. The van der Waals surface area contributed by atoms with Gasteiger partial charge in [-0.1, -0.05) is 17.4 Å². The second-order valence-corrected chi connectivity index (χ2v) is 4.93. The quantitative estimate of drug-likeness (QED) is 0.775. The highest BCUT2D eigenvalue weighted by molar-refractivity contribution is 7.18. The lowest BCUT2D eigenvalue weighted by Crippen LogP contribution is -2.19. The first-order chi connectivity index (χ1) is 10.3. The van der Waals surface area contributed by atoms with Crippen molar-refractivity contribution in [3.8, 4) is 10.6 Å². The molecule has 8 heteroatoms. The predicted molar refractivity (Wildman–Crippen MR) is 80.0 cm³/mol. The van der Waals surface area contributed by atoms with Gasteiger partial charge in [0.1, 0.15) is 5.82 Å². The average molecular weight is 298 g/mol. The summed E-state index contributed by atoms with van der Waals surface area (Å²) in [6, 6.07) is 8.54. The van der Waals surface area contributed by atoms with Gasteiger partial charge in [-0.2, -0.15) is 0 Å². The number of rotatable bonds is 3. The highest BCUT2D eigenvalue weighted by Crippen LogP contribution is 2.25. The Balaban J connectivity index is 1.66. The van der Waals surface area contributed by atoms with Crippen LogP contribution < -0.4 is 10.6 Å². The molecule has 0 radical (unpaired) electrons. The van der Waals surface area contributed by atoms with E-state index in [1.54, 1.807) is 36.8 Å². The van der Waals surface area contributed by atoms with Crippen LogP contribution in [0, 0.1) is 0 Å². The van der Waals surface area contributed by atoms with Crippen LogP contribution in [0.25, 0.3) is 10.6 Å². The molecule has 3 rings (SSSR count). The molecule has 2 amide bonds. The molecule has 0 aliphatic heterocycles. The van der Waals surface area contributed by atoms with Crippen LogP contribution in [-0.4, -0.2) is 26.2 Å². The fourth-order valence-electron chi connectivity index (χ4n) is 1.56. The number of carbonyl (C=O) groups excluding carboxylic acids is 1. The van der Waals surface area contributed by atoms with Crippen molar-refractivity contribution in [2.75, 3.05) is 10.6 Å². The summed E-state index contributed by atoms with van der Waals surface area (Å²) in [5.41, 5.74) is 0.855. The van der Waals surface area contributed by atoms with E-state index >= 15 is 0 Å². The number of carbonyl (C=O) groups is 1. The number of aromatic nitrogens is 4. The van der Waals surface area contributed by atoms with Gasteiger partial charge in [0.05, 0.1) is 0 Å². The van der Waals surface area contributed by atoms with Crippen LogP contribution in [0.5, 0.6) is 0 Å². The van der Waals surface area contributed by atoms with Crippen molar-refractivity contribution in [3.05, 3.63) is 48.9 Å². The van der Waals surface area contributed by atoms with Crippen molar-refractivity contribution in [1.29, 1.82) is 0 Å². The molecule has 0 aliphatic carbocycles. The maximum atomic E-state index is 11.8. The second-order valence-electron chi connectivity index (χ2n) is 3.95. The first-order valence-electron chi connectivity index (χ1n) is 6.04. The first kappa shape index (κ1) is 13.1. The van der Waals surface area contributed by atoms with Gasteiger partial charge in [-0.05, 0) is 24.3 Å². The number of nitrogens with one attached hydrogen (secondary N) is 2. The van der Waals surface area contributed by atoms with Crippen molar-refractivity contribution in [2.24, 2.45) is 0 Å². The van der Waals surface area contributed by atoms with Crippen molar-refractivity contribution in [1.82, 2.24) is 20.2 Å². The standard InChI is InChI=1S/C13H10N6OS/c20-12(16-10-5-1-2-7-15-10)17-13-19-18-11(21-13)9-4-3-6-14-8-9/h1-8H,(H2,15,16,17,19,20). The highest BCUT2D eigenvalue weighted by Gasteiger charge is 2.09. The van der Waals surface area contributed by atoms with Crippen molar-refractivity contribution in [2.45, 2.75) is 0 Å². The Kier molecular flexibility index (Phi) is 3.79. The van der Waals surface area contributed by atoms with Crippen molar-refractivity contribution >= 4 is 28.3 Å². The molecule has 0 atom stereocenters. The largest absolute Gasteiger partial charge is 0.326 e. The Bertz CT molecular complexity index is 731. The van der Waals surface area contributed by atoms with E-state index in [0.29, 0.717) is 16.0 Å². The summed E-state index contributed by atoms with van der Waals surface area (Å²) in [4.78, 5) is 19.8. The normalized spacial score (nSPS) is 10.1. The van der Waals surface area contributed by atoms with Gasteiger partial charge in [0.25, 0.3) is 0 Å². The number of amides is 2. The van der Waals surface area contributed by atoms with E-state index in [4.69, 9.17) is 0 Å². The summed E-state index contributed by atoms with van der Waals surface area (Å²) in [5, 5.41) is 14.3. The smallest absolute Gasteiger partial charge is 0.292 e. The van der Waals surface area contributed by atoms with Gasteiger partial charge in [0, 0.05) is 24.2 Å². The summed E-state index contributed by atoms with van der Waals surface area (Å²) in [6.07, 6.45) is 4.98. The zero-order valence-electron chi connectivity index (χ0n) is 10.7. The molecule has 7 nitrogen and oxygen atoms in total.